The first-order valence-electron chi connectivity index (χ1n) is 9.45. The Balaban J connectivity index is 2.15. The van der Waals surface area contributed by atoms with Gasteiger partial charge in [0.25, 0.3) is 0 Å². The number of rotatable bonds is 6. The zero-order chi connectivity index (χ0) is 19.9. The minimum Gasteiger partial charge on any atom is -0.478 e. The van der Waals surface area contributed by atoms with E-state index >= 15 is 0 Å². The van der Waals surface area contributed by atoms with Crippen molar-refractivity contribution in [1.29, 1.82) is 0 Å². The van der Waals surface area contributed by atoms with E-state index in [0.29, 0.717) is 0 Å². The molecule has 0 spiro atoms. The highest BCUT2D eigenvalue weighted by molar-refractivity contribution is 5.98. The Hall–Kier alpha value is -3.39. The number of allylic oxidation sites excluding steroid dienone is 1. The van der Waals surface area contributed by atoms with Crippen molar-refractivity contribution in [2.45, 2.75) is 20.3 Å². The lowest BCUT2D eigenvalue weighted by atomic mass is 9.87. The number of carboxylic acids is 1. The van der Waals surface area contributed by atoms with Crippen LogP contribution in [0.15, 0.2) is 84.9 Å². The van der Waals surface area contributed by atoms with E-state index in [0.717, 1.165) is 23.6 Å². The molecular formula is C26H24O2. The monoisotopic (exact) mass is 368 g/mol. The van der Waals surface area contributed by atoms with Crippen LogP contribution in [0.1, 0.15) is 41.2 Å². The summed E-state index contributed by atoms with van der Waals surface area (Å²) in [6.07, 6.45) is 3.68. The summed E-state index contributed by atoms with van der Waals surface area (Å²) in [5.41, 5.74) is 8.12. The Morgan fingerprint density at radius 2 is 1.39 bits per heavy atom. The van der Waals surface area contributed by atoms with Gasteiger partial charge in [0.1, 0.15) is 0 Å². The van der Waals surface area contributed by atoms with E-state index in [9.17, 15) is 4.79 Å². The van der Waals surface area contributed by atoms with Gasteiger partial charge in [-0.25, -0.2) is 4.79 Å². The second-order valence-corrected chi connectivity index (χ2v) is 6.73. The van der Waals surface area contributed by atoms with Crippen LogP contribution in [0.2, 0.25) is 0 Å². The standard InChI is InChI=1S/C26H24O2/c1-3-24(21-7-5-4-6-8-21)26(22-14-9-19(2)10-15-22)23-16-11-20(12-17-23)13-18-25(27)28/h4-18H,3H2,1-2H3,(H,27,28)/b18-13+,26-24-. The summed E-state index contributed by atoms with van der Waals surface area (Å²) in [7, 11) is 0. The van der Waals surface area contributed by atoms with Crippen molar-refractivity contribution in [3.8, 4) is 0 Å². The van der Waals surface area contributed by atoms with Gasteiger partial charge in [0, 0.05) is 6.08 Å². The topological polar surface area (TPSA) is 37.3 Å². The Kier molecular flexibility index (Phi) is 6.23. The molecule has 0 saturated heterocycles. The SMILES string of the molecule is CC/C(=C(\c1ccc(C)cc1)c1ccc(/C=C/C(=O)O)cc1)c1ccccc1. The van der Waals surface area contributed by atoms with E-state index in [1.165, 1.54) is 27.8 Å². The largest absolute Gasteiger partial charge is 0.478 e. The van der Waals surface area contributed by atoms with Crippen molar-refractivity contribution in [3.05, 3.63) is 113 Å². The number of benzene rings is 3. The number of aliphatic carboxylic acids is 1. The highest BCUT2D eigenvalue weighted by Crippen LogP contribution is 2.34. The van der Waals surface area contributed by atoms with Crippen LogP contribution in [0, 0.1) is 6.92 Å². The van der Waals surface area contributed by atoms with E-state index in [2.05, 4.69) is 74.5 Å². The predicted molar refractivity (Wildman–Crippen MR) is 117 cm³/mol. The second kappa shape index (κ2) is 9.01. The van der Waals surface area contributed by atoms with Crippen LogP contribution >= 0.6 is 0 Å². The molecule has 2 heteroatoms. The third kappa shape index (κ3) is 4.66. The van der Waals surface area contributed by atoms with E-state index in [-0.39, 0.29) is 0 Å². The van der Waals surface area contributed by atoms with Gasteiger partial charge in [-0.1, -0.05) is 91.3 Å². The lowest BCUT2D eigenvalue weighted by Gasteiger charge is -2.17. The molecule has 3 rings (SSSR count). The molecule has 2 nitrogen and oxygen atoms in total. The number of aryl methyl sites for hydroxylation is 1. The molecule has 0 heterocycles. The van der Waals surface area contributed by atoms with Crippen molar-refractivity contribution in [1.82, 2.24) is 0 Å². The number of hydrogen-bond acceptors (Lipinski definition) is 1. The third-order valence-corrected chi connectivity index (χ3v) is 4.74. The molecule has 0 saturated carbocycles. The zero-order valence-electron chi connectivity index (χ0n) is 16.2. The first-order chi connectivity index (χ1) is 13.6. The van der Waals surface area contributed by atoms with E-state index in [1.54, 1.807) is 6.08 Å². The van der Waals surface area contributed by atoms with Crippen molar-refractivity contribution >= 4 is 23.2 Å². The Labute approximate surface area is 166 Å². The minimum atomic E-state index is -0.943. The molecule has 1 N–H and O–H groups in total. The second-order valence-electron chi connectivity index (χ2n) is 6.73. The van der Waals surface area contributed by atoms with Crippen LogP contribution in [0.5, 0.6) is 0 Å². The van der Waals surface area contributed by atoms with Gasteiger partial charge in [-0.05, 0) is 52.8 Å². The van der Waals surface area contributed by atoms with Crippen molar-refractivity contribution < 1.29 is 9.90 Å². The van der Waals surface area contributed by atoms with Crippen LogP contribution in [0.4, 0.5) is 0 Å². The molecule has 0 amide bonds. The van der Waals surface area contributed by atoms with Gasteiger partial charge in [0.05, 0.1) is 0 Å². The van der Waals surface area contributed by atoms with Gasteiger partial charge in [0.2, 0.25) is 0 Å². The Bertz CT molecular complexity index is 993. The lowest BCUT2D eigenvalue weighted by Crippen LogP contribution is -1.95. The number of carboxylic acid groups (broad SMARTS) is 1. The summed E-state index contributed by atoms with van der Waals surface area (Å²) in [6, 6.07) is 27.1. The highest BCUT2D eigenvalue weighted by Gasteiger charge is 2.12. The van der Waals surface area contributed by atoms with Crippen LogP contribution in [-0.2, 0) is 4.79 Å². The maximum Gasteiger partial charge on any atom is 0.328 e. The van der Waals surface area contributed by atoms with Gasteiger partial charge in [-0.15, -0.1) is 0 Å². The summed E-state index contributed by atoms with van der Waals surface area (Å²) in [5.74, 6) is -0.943. The smallest absolute Gasteiger partial charge is 0.328 e. The van der Waals surface area contributed by atoms with Gasteiger partial charge < -0.3 is 5.11 Å². The van der Waals surface area contributed by atoms with E-state index < -0.39 is 5.97 Å². The summed E-state index contributed by atoms with van der Waals surface area (Å²) >= 11 is 0. The van der Waals surface area contributed by atoms with Gasteiger partial charge in [-0.3, -0.25) is 0 Å². The quantitative estimate of drug-likeness (QED) is 0.400. The normalized spacial score (nSPS) is 12.1. The summed E-state index contributed by atoms with van der Waals surface area (Å²) in [6.45, 7) is 4.27. The molecule has 0 aliphatic heterocycles. The first kappa shape index (κ1) is 19.4. The van der Waals surface area contributed by atoms with Gasteiger partial charge >= 0.3 is 5.97 Å². The van der Waals surface area contributed by atoms with Crippen molar-refractivity contribution in [3.63, 3.8) is 0 Å². The first-order valence-corrected chi connectivity index (χ1v) is 9.45. The number of hydrogen-bond donors (Lipinski definition) is 1. The molecule has 0 radical (unpaired) electrons. The molecule has 140 valence electrons. The fourth-order valence-corrected chi connectivity index (χ4v) is 3.33. The van der Waals surface area contributed by atoms with Gasteiger partial charge in [-0.2, -0.15) is 0 Å². The molecule has 0 bridgehead atoms. The molecule has 0 aliphatic carbocycles. The summed E-state index contributed by atoms with van der Waals surface area (Å²) in [5, 5.41) is 8.83. The molecule has 0 atom stereocenters. The molecule has 28 heavy (non-hydrogen) atoms. The molecule has 0 unspecified atom stereocenters. The van der Waals surface area contributed by atoms with Crippen molar-refractivity contribution in [2.24, 2.45) is 0 Å². The van der Waals surface area contributed by atoms with Crippen LogP contribution < -0.4 is 0 Å². The van der Waals surface area contributed by atoms with Crippen LogP contribution in [0.3, 0.4) is 0 Å². The predicted octanol–water partition coefficient (Wildman–Crippen LogP) is 6.46. The maximum absolute atomic E-state index is 10.8. The lowest BCUT2D eigenvalue weighted by molar-refractivity contribution is -0.131. The molecule has 0 fully saturated rings. The highest BCUT2D eigenvalue weighted by atomic mass is 16.4. The number of carbonyl (C=O) groups is 1. The van der Waals surface area contributed by atoms with Gasteiger partial charge in [0.15, 0.2) is 0 Å². The Morgan fingerprint density at radius 3 is 1.93 bits per heavy atom. The van der Waals surface area contributed by atoms with Crippen molar-refractivity contribution in [2.75, 3.05) is 0 Å². The molecular weight excluding hydrogens is 344 g/mol. The third-order valence-electron chi connectivity index (χ3n) is 4.74. The van der Waals surface area contributed by atoms with Crippen LogP contribution in [-0.4, -0.2) is 11.1 Å². The van der Waals surface area contributed by atoms with Crippen LogP contribution in [0.25, 0.3) is 17.2 Å². The van der Waals surface area contributed by atoms with E-state index in [1.807, 2.05) is 18.2 Å². The molecule has 3 aromatic carbocycles. The summed E-state index contributed by atoms with van der Waals surface area (Å²) in [4.78, 5) is 10.8. The zero-order valence-corrected chi connectivity index (χ0v) is 16.2. The summed E-state index contributed by atoms with van der Waals surface area (Å²) < 4.78 is 0. The fraction of sp³-hybridized carbons (Fsp3) is 0.115. The fourth-order valence-electron chi connectivity index (χ4n) is 3.33. The average molecular weight is 368 g/mol. The minimum absolute atomic E-state index is 0.868. The molecule has 0 aromatic heterocycles. The van der Waals surface area contributed by atoms with E-state index in [4.69, 9.17) is 5.11 Å². The molecule has 3 aromatic rings. The maximum atomic E-state index is 10.8. The average Bonchev–Trinajstić information content (AvgIpc) is 2.72. The molecule has 0 aliphatic rings. The Morgan fingerprint density at radius 1 is 0.821 bits per heavy atom.